The molecule has 1 atom stereocenters. The lowest BCUT2D eigenvalue weighted by Crippen LogP contribution is -2.19. The Morgan fingerprint density at radius 1 is 1.32 bits per heavy atom. The van der Waals surface area contributed by atoms with Crippen LogP contribution < -0.4 is 0 Å². The van der Waals surface area contributed by atoms with Crippen molar-refractivity contribution in [2.45, 2.75) is 66.7 Å². The van der Waals surface area contributed by atoms with Crippen LogP contribution in [-0.4, -0.2) is 5.78 Å². The van der Waals surface area contributed by atoms with Gasteiger partial charge in [-0.05, 0) is 40.3 Å². The first-order valence-corrected chi connectivity index (χ1v) is 8.70. The van der Waals surface area contributed by atoms with Gasteiger partial charge in [-0.3, -0.25) is 4.79 Å². The predicted molar refractivity (Wildman–Crippen MR) is 88.5 cm³/mol. The van der Waals surface area contributed by atoms with Crippen molar-refractivity contribution in [1.82, 2.24) is 0 Å². The summed E-state index contributed by atoms with van der Waals surface area (Å²) in [5.41, 5.74) is 1.05. The third-order valence-corrected chi connectivity index (χ3v) is 5.78. The summed E-state index contributed by atoms with van der Waals surface area (Å²) in [6, 6.07) is 0. The number of Topliss-reactive ketones (excluding diaryl/α,β-unsaturated/α-hetero) is 1. The molecular formula is C16H25BrOS. The monoisotopic (exact) mass is 344 g/mol. The van der Waals surface area contributed by atoms with E-state index in [-0.39, 0.29) is 11.2 Å². The van der Waals surface area contributed by atoms with Crippen LogP contribution in [0.5, 0.6) is 0 Å². The second-order valence-corrected chi connectivity index (χ2v) is 8.12. The number of thiophene rings is 1. The Hall–Kier alpha value is -0.150. The summed E-state index contributed by atoms with van der Waals surface area (Å²) in [7, 11) is 0. The molecule has 0 N–H and O–H groups in total. The van der Waals surface area contributed by atoms with Gasteiger partial charge in [0.15, 0.2) is 5.78 Å². The van der Waals surface area contributed by atoms with E-state index in [9.17, 15) is 4.79 Å². The predicted octanol–water partition coefficient (Wildman–Crippen LogP) is 6.21. The van der Waals surface area contributed by atoms with E-state index in [1.807, 2.05) is 20.8 Å². The van der Waals surface area contributed by atoms with Gasteiger partial charge in [0, 0.05) is 14.8 Å². The van der Waals surface area contributed by atoms with Crippen molar-refractivity contribution in [3.8, 4) is 0 Å². The molecular weight excluding hydrogens is 320 g/mol. The van der Waals surface area contributed by atoms with Crippen molar-refractivity contribution < 1.29 is 4.79 Å². The molecule has 0 fully saturated rings. The number of rotatable bonds is 5. The van der Waals surface area contributed by atoms with E-state index in [0.29, 0.717) is 5.92 Å². The maximum atomic E-state index is 12.5. The van der Waals surface area contributed by atoms with Gasteiger partial charge in [0.2, 0.25) is 0 Å². The second-order valence-electron chi connectivity index (χ2n) is 6.22. The Kier molecular flexibility index (Phi) is 5.81. The van der Waals surface area contributed by atoms with Gasteiger partial charge in [-0.2, -0.15) is 0 Å². The van der Waals surface area contributed by atoms with Crippen LogP contribution in [0.25, 0.3) is 0 Å². The highest BCUT2D eigenvalue weighted by Gasteiger charge is 2.30. The van der Waals surface area contributed by atoms with Gasteiger partial charge in [-0.25, -0.2) is 0 Å². The summed E-state index contributed by atoms with van der Waals surface area (Å²) >= 11 is 5.39. The fraction of sp³-hybridized carbons (Fsp3) is 0.688. The molecule has 1 unspecified atom stereocenters. The van der Waals surface area contributed by atoms with Crippen LogP contribution >= 0.6 is 27.3 Å². The third kappa shape index (κ3) is 3.69. The van der Waals surface area contributed by atoms with Crippen molar-refractivity contribution in [3.05, 3.63) is 19.8 Å². The van der Waals surface area contributed by atoms with Gasteiger partial charge < -0.3 is 0 Å². The van der Waals surface area contributed by atoms with Crippen molar-refractivity contribution in [3.63, 3.8) is 0 Å². The average Bonchev–Trinajstić information content (AvgIpc) is 2.64. The summed E-state index contributed by atoms with van der Waals surface area (Å²) in [6.07, 6.45) is 3.30. The number of hydrogen-bond donors (Lipinski definition) is 0. The molecule has 108 valence electrons. The van der Waals surface area contributed by atoms with Crippen molar-refractivity contribution in [2.24, 2.45) is 5.41 Å². The molecule has 1 aromatic rings. The van der Waals surface area contributed by atoms with Crippen LogP contribution in [-0.2, 0) is 6.42 Å². The molecule has 0 aromatic carbocycles. The zero-order chi connectivity index (χ0) is 14.8. The van der Waals surface area contributed by atoms with Crippen LogP contribution in [0.2, 0.25) is 0 Å². The van der Waals surface area contributed by atoms with Gasteiger partial charge in [-0.15, -0.1) is 11.3 Å². The molecule has 3 heteroatoms. The lowest BCUT2D eigenvalue weighted by molar-refractivity contribution is 0.0862. The topological polar surface area (TPSA) is 17.1 Å². The van der Waals surface area contributed by atoms with E-state index < -0.39 is 0 Å². The van der Waals surface area contributed by atoms with Crippen LogP contribution in [0.4, 0.5) is 0 Å². The molecule has 0 aliphatic heterocycles. The van der Waals surface area contributed by atoms with Crippen molar-refractivity contribution in [1.29, 1.82) is 0 Å². The average molecular weight is 345 g/mol. The summed E-state index contributed by atoms with van der Waals surface area (Å²) in [5.74, 6) is 0.755. The molecule has 0 saturated carbocycles. The van der Waals surface area contributed by atoms with E-state index in [1.165, 1.54) is 10.4 Å². The number of aryl methyl sites for hydroxylation is 1. The highest BCUT2D eigenvalue weighted by atomic mass is 79.9. The molecule has 1 aromatic heterocycles. The number of carbonyl (C=O) groups is 1. The van der Waals surface area contributed by atoms with Gasteiger partial charge in [0.05, 0.1) is 4.88 Å². The van der Waals surface area contributed by atoms with E-state index in [4.69, 9.17) is 0 Å². The molecule has 1 nitrogen and oxygen atoms in total. The maximum Gasteiger partial charge on any atom is 0.179 e. The lowest BCUT2D eigenvalue weighted by Gasteiger charge is -2.16. The highest BCUT2D eigenvalue weighted by molar-refractivity contribution is 9.10. The minimum Gasteiger partial charge on any atom is -0.293 e. The number of hydrogen-bond acceptors (Lipinski definition) is 2. The van der Waals surface area contributed by atoms with Crippen molar-refractivity contribution >= 4 is 33.0 Å². The Balaban J connectivity index is 3.33. The smallest absolute Gasteiger partial charge is 0.179 e. The Morgan fingerprint density at radius 3 is 2.32 bits per heavy atom. The molecule has 1 heterocycles. The van der Waals surface area contributed by atoms with Gasteiger partial charge in [0.25, 0.3) is 0 Å². The standard InChI is InChI=1S/C16H25BrOS/c1-7-9-11-12(10(3)8-2)13(17)14(19-11)15(18)16(4,5)6/h10H,7-9H2,1-6H3. The van der Waals surface area contributed by atoms with E-state index in [2.05, 4.69) is 36.7 Å². The van der Waals surface area contributed by atoms with E-state index in [1.54, 1.807) is 11.3 Å². The fourth-order valence-corrected chi connectivity index (χ4v) is 4.81. The van der Waals surface area contributed by atoms with E-state index in [0.717, 1.165) is 28.6 Å². The summed E-state index contributed by atoms with van der Waals surface area (Å²) in [6.45, 7) is 12.6. The van der Waals surface area contributed by atoms with E-state index >= 15 is 0 Å². The van der Waals surface area contributed by atoms with Crippen LogP contribution in [0.15, 0.2) is 4.47 Å². The zero-order valence-electron chi connectivity index (χ0n) is 12.9. The molecule has 0 bridgehead atoms. The van der Waals surface area contributed by atoms with Crippen molar-refractivity contribution in [2.75, 3.05) is 0 Å². The van der Waals surface area contributed by atoms with Gasteiger partial charge in [-0.1, -0.05) is 48.0 Å². The van der Waals surface area contributed by atoms with Gasteiger partial charge in [0.1, 0.15) is 0 Å². The highest BCUT2D eigenvalue weighted by Crippen LogP contribution is 2.42. The van der Waals surface area contributed by atoms with Crippen LogP contribution in [0.1, 0.15) is 80.4 Å². The number of ketones is 1. The molecule has 0 spiro atoms. The maximum absolute atomic E-state index is 12.5. The Bertz CT molecular complexity index is 454. The second kappa shape index (κ2) is 6.53. The molecule has 0 aliphatic carbocycles. The molecule has 0 saturated heterocycles. The third-order valence-electron chi connectivity index (χ3n) is 3.43. The lowest BCUT2D eigenvalue weighted by atomic mass is 9.89. The number of halogens is 1. The SMILES string of the molecule is CCCc1sc(C(=O)C(C)(C)C)c(Br)c1C(C)CC. The molecule has 0 radical (unpaired) electrons. The molecule has 0 amide bonds. The summed E-state index contributed by atoms with van der Waals surface area (Å²) in [5, 5.41) is 0. The zero-order valence-corrected chi connectivity index (χ0v) is 15.3. The normalized spacial score (nSPS) is 13.6. The molecule has 19 heavy (non-hydrogen) atoms. The Labute approximate surface area is 129 Å². The first-order chi connectivity index (χ1) is 8.73. The van der Waals surface area contributed by atoms with Crippen LogP contribution in [0.3, 0.4) is 0 Å². The largest absolute Gasteiger partial charge is 0.293 e. The molecule has 1 rings (SSSR count). The fourth-order valence-electron chi connectivity index (χ4n) is 2.06. The first-order valence-electron chi connectivity index (χ1n) is 7.09. The summed E-state index contributed by atoms with van der Waals surface area (Å²) in [4.78, 5) is 14.8. The minimum absolute atomic E-state index is 0.247. The Morgan fingerprint density at radius 2 is 1.89 bits per heavy atom. The summed E-state index contributed by atoms with van der Waals surface area (Å²) < 4.78 is 1.05. The minimum atomic E-state index is -0.316. The molecule has 0 aliphatic rings. The first kappa shape index (κ1) is 16.9. The van der Waals surface area contributed by atoms with Crippen LogP contribution in [0, 0.1) is 5.41 Å². The number of carbonyl (C=O) groups excluding carboxylic acids is 1. The van der Waals surface area contributed by atoms with Gasteiger partial charge >= 0.3 is 0 Å². The quantitative estimate of drug-likeness (QED) is 0.580.